The normalized spacial score (nSPS) is 27.6. The Bertz CT molecular complexity index is 1010. The third-order valence-corrected chi connectivity index (χ3v) is 6.19. The van der Waals surface area contributed by atoms with Gasteiger partial charge in [0.15, 0.2) is 5.69 Å². The molecule has 0 bridgehead atoms. The fourth-order valence-electron chi connectivity index (χ4n) is 4.49. The zero-order valence-corrected chi connectivity index (χ0v) is 16.2. The van der Waals surface area contributed by atoms with Crippen LogP contribution in [0.4, 0.5) is 11.4 Å². The van der Waals surface area contributed by atoms with Crippen LogP contribution in [0.25, 0.3) is 4.85 Å². The van der Waals surface area contributed by atoms with Gasteiger partial charge in [-0.1, -0.05) is 6.07 Å². The Morgan fingerprint density at radius 1 is 1.31 bits per heavy atom. The summed E-state index contributed by atoms with van der Waals surface area (Å²) >= 11 is 0. The van der Waals surface area contributed by atoms with Crippen molar-refractivity contribution in [2.45, 2.75) is 43.9 Å². The zero-order valence-electron chi connectivity index (χ0n) is 16.2. The number of aryl methyl sites for hydroxylation is 1. The lowest BCUT2D eigenvalue weighted by Gasteiger charge is -2.50. The van der Waals surface area contributed by atoms with Crippen LogP contribution in [0.15, 0.2) is 36.4 Å². The van der Waals surface area contributed by atoms with E-state index in [1.165, 1.54) is 0 Å². The lowest BCUT2D eigenvalue weighted by molar-refractivity contribution is -0.141. The highest BCUT2D eigenvalue weighted by atomic mass is 16.5. The number of nitriles is 1. The van der Waals surface area contributed by atoms with E-state index in [1.54, 1.807) is 24.3 Å². The second kappa shape index (κ2) is 7.40. The van der Waals surface area contributed by atoms with Gasteiger partial charge < -0.3 is 20.3 Å². The molecule has 1 heterocycles. The van der Waals surface area contributed by atoms with E-state index in [0.717, 1.165) is 29.7 Å². The van der Waals surface area contributed by atoms with E-state index >= 15 is 0 Å². The van der Waals surface area contributed by atoms with E-state index < -0.39 is 11.7 Å². The molecule has 0 aromatic heterocycles. The van der Waals surface area contributed by atoms with Gasteiger partial charge >= 0.3 is 0 Å². The standard InChI is InChI=1S/C23H23N3O3/c1-14-9-20-17(11-19(14)25-2)10-16-5-8-21(27)23(28,22(16)26-20)13-29-18-6-3-15(12-24)4-7-18/h3-4,6-7,9,11,16,21-22,26-28H,5,8,10,13H2,1H3. The van der Waals surface area contributed by atoms with Crippen molar-refractivity contribution in [2.75, 3.05) is 11.9 Å². The van der Waals surface area contributed by atoms with Crippen molar-refractivity contribution < 1.29 is 14.9 Å². The van der Waals surface area contributed by atoms with E-state index in [0.29, 0.717) is 23.4 Å². The van der Waals surface area contributed by atoms with Crippen molar-refractivity contribution in [3.05, 3.63) is 64.5 Å². The van der Waals surface area contributed by atoms with Gasteiger partial charge in [0.25, 0.3) is 0 Å². The van der Waals surface area contributed by atoms with Gasteiger partial charge in [-0.05, 0) is 73.6 Å². The van der Waals surface area contributed by atoms with E-state index in [9.17, 15) is 10.2 Å². The highest BCUT2D eigenvalue weighted by molar-refractivity contribution is 5.66. The quantitative estimate of drug-likeness (QED) is 0.701. The second-order valence-electron chi connectivity index (χ2n) is 8.00. The third-order valence-electron chi connectivity index (χ3n) is 6.19. The smallest absolute Gasteiger partial charge is 0.190 e. The summed E-state index contributed by atoms with van der Waals surface area (Å²) in [6, 6.07) is 12.3. The number of fused-ring (bicyclic) bond motifs is 2. The topological polar surface area (TPSA) is 89.9 Å². The van der Waals surface area contributed by atoms with Crippen molar-refractivity contribution >= 4 is 11.4 Å². The molecule has 3 N–H and O–H groups in total. The van der Waals surface area contributed by atoms with Crippen LogP contribution < -0.4 is 10.1 Å². The number of hydrogen-bond donors (Lipinski definition) is 3. The molecule has 0 spiro atoms. The molecule has 29 heavy (non-hydrogen) atoms. The molecule has 0 radical (unpaired) electrons. The van der Waals surface area contributed by atoms with Gasteiger partial charge in [0.05, 0.1) is 30.4 Å². The maximum absolute atomic E-state index is 11.5. The lowest BCUT2D eigenvalue weighted by atomic mass is 9.68. The molecule has 1 aliphatic carbocycles. The first kappa shape index (κ1) is 19.3. The molecule has 1 aliphatic heterocycles. The fraction of sp³-hybridized carbons (Fsp3) is 0.391. The molecule has 4 rings (SSSR count). The van der Waals surface area contributed by atoms with Crippen LogP contribution in [0.5, 0.6) is 5.75 Å². The number of aliphatic hydroxyl groups is 2. The first-order chi connectivity index (χ1) is 13.9. The van der Waals surface area contributed by atoms with Crippen LogP contribution in [-0.4, -0.2) is 34.6 Å². The van der Waals surface area contributed by atoms with Gasteiger partial charge in [0, 0.05) is 5.69 Å². The fourth-order valence-corrected chi connectivity index (χ4v) is 4.49. The number of hydrogen-bond acceptors (Lipinski definition) is 5. The number of anilines is 1. The van der Waals surface area contributed by atoms with Gasteiger partial charge in [-0.3, -0.25) is 0 Å². The van der Waals surface area contributed by atoms with Crippen molar-refractivity contribution in [1.29, 1.82) is 5.26 Å². The summed E-state index contributed by atoms with van der Waals surface area (Å²) in [5, 5.41) is 34.5. The lowest BCUT2D eigenvalue weighted by Crippen LogP contribution is -2.65. The summed E-state index contributed by atoms with van der Waals surface area (Å²) in [5.41, 5.74) is 2.61. The van der Waals surface area contributed by atoms with Crippen LogP contribution >= 0.6 is 0 Å². The maximum Gasteiger partial charge on any atom is 0.190 e. The Morgan fingerprint density at radius 2 is 2.07 bits per heavy atom. The van der Waals surface area contributed by atoms with Gasteiger partial charge in [0.2, 0.25) is 0 Å². The average molecular weight is 389 g/mol. The largest absolute Gasteiger partial charge is 0.490 e. The minimum absolute atomic E-state index is 0.0529. The zero-order chi connectivity index (χ0) is 20.6. The van der Waals surface area contributed by atoms with E-state index in [1.807, 2.05) is 19.1 Å². The second-order valence-corrected chi connectivity index (χ2v) is 8.00. The monoisotopic (exact) mass is 389 g/mol. The van der Waals surface area contributed by atoms with E-state index in [4.69, 9.17) is 16.6 Å². The number of ether oxygens (including phenoxy) is 1. The molecule has 2 aromatic rings. The molecule has 6 nitrogen and oxygen atoms in total. The summed E-state index contributed by atoms with van der Waals surface area (Å²) in [7, 11) is 0. The molecule has 2 aromatic carbocycles. The first-order valence-electron chi connectivity index (χ1n) is 9.75. The molecule has 1 fully saturated rings. The van der Waals surface area contributed by atoms with E-state index in [-0.39, 0.29) is 18.6 Å². The third kappa shape index (κ3) is 3.42. The SMILES string of the molecule is [C-]#[N+]c1cc2c(cc1C)NC1C(CCC(O)C1(O)COc1ccc(C#N)cc1)C2. The van der Waals surface area contributed by atoms with Crippen molar-refractivity contribution in [3.8, 4) is 11.8 Å². The van der Waals surface area contributed by atoms with E-state index in [2.05, 4.69) is 16.2 Å². The van der Waals surface area contributed by atoms with Crippen LogP contribution in [0.2, 0.25) is 0 Å². The van der Waals surface area contributed by atoms with Crippen molar-refractivity contribution in [1.82, 2.24) is 0 Å². The molecule has 1 saturated carbocycles. The molecule has 2 aliphatic rings. The molecule has 0 saturated heterocycles. The maximum atomic E-state index is 11.5. The highest BCUT2D eigenvalue weighted by Gasteiger charge is 2.52. The minimum atomic E-state index is -1.44. The summed E-state index contributed by atoms with van der Waals surface area (Å²) in [6.45, 7) is 9.18. The number of nitrogens with one attached hydrogen (secondary N) is 1. The molecule has 4 unspecified atom stereocenters. The summed E-state index contributed by atoms with van der Waals surface area (Å²) in [6.07, 6.45) is 1.13. The summed E-state index contributed by atoms with van der Waals surface area (Å²) < 4.78 is 5.82. The number of rotatable bonds is 3. The Kier molecular flexibility index (Phi) is 4.92. The Morgan fingerprint density at radius 3 is 2.76 bits per heavy atom. The molecule has 148 valence electrons. The predicted molar refractivity (Wildman–Crippen MR) is 109 cm³/mol. The van der Waals surface area contributed by atoms with Crippen LogP contribution in [0.3, 0.4) is 0 Å². The predicted octanol–water partition coefficient (Wildman–Crippen LogP) is 3.34. The molecule has 0 amide bonds. The van der Waals surface area contributed by atoms with Crippen LogP contribution in [0, 0.1) is 30.7 Å². The summed E-state index contributed by atoms with van der Waals surface area (Å²) in [4.78, 5) is 3.59. The molecular weight excluding hydrogens is 366 g/mol. The molecule has 6 heteroatoms. The summed E-state index contributed by atoms with van der Waals surface area (Å²) in [5.74, 6) is 0.683. The van der Waals surface area contributed by atoms with Crippen LogP contribution in [0.1, 0.15) is 29.5 Å². The molecular formula is C23H23N3O3. The average Bonchev–Trinajstić information content (AvgIpc) is 2.74. The Balaban J connectivity index is 1.58. The van der Waals surface area contributed by atoms with Gasteiger partial charge in [-0.15, -0.1) is 0 Å². The Labute approximate surface area is 170 Å². The van der Waals surface area contributed by atoms with Crippen molar-refractivity contribution in [3.63, 3.8) is 0 Å². The van der Waals surface area contributed by atoms with Crippen molar-refractivity contribution in [2.24, 2.45) is 5.92 Å². The van der Waals surface area contributed by atoms with Gasteiger partial charge in [-0.25, -0.2) is 4.85 Å². The molecule has 4 atom stereocenters. The van der Waals surface area contributed by atoms with Crippen LogP contribution in [-0.2, 0) is 6.42 Å². The van der Waals surface area contributed by atoms with Gasteiger partial charge in [0.1, 0.15) is 18.0 Å². The number of benzene rings is 2. The van der Waals surface area contributed by atoms with Gasteiger partial charge in [-0.2, -0.15) is 5.26 Å². The number of nitrogens with zero attached hydrogens (tertiary/aromatic N) is 2. The highest BCUT2D eigenvalue weighted by Crippen LogP contribution is 2.43. The number of aliphatic hydroxyl groups excluding tert-OH is 1. The Hall–Kier alpha value is -3.06. The minimum Gasteiger partial charge on any atom is -0.490 e. The first-order valence-corrected chi connectivity index (χ1v) is 9.75.